The van der Waals surface area contributed by atoms with Gasteiger partial charge in [0.25, 0.3) is 5.91 Å². The summed E-state index contributed by atoms with van der Waals surface area (Å²) >= 11 is 0. The number of carbonyl (C=O) groups is 1. The highest BCUT2D eigenvalue weighted by Crippen LogP contribution is 2.49. The van der Waals surface area contributed by atoms with Gasteiger partial charge < -0.3 is 10.6 Å². The van der Waals surface area contributed by atoms with E-state index in [1.54, 1.807) is 18.3 Å². The van der Waals surface area contributed by atoms with Crippen LogP contribution in [0.3, 0.4) is 0 Å². The van der Waals surface area contributed by atoms with Gasteiger partial charge >= 0.3 is 0 Å². The summed E-state index contributed by atoms with van der Waals surface area (Å²) in [6.07, 6.45) is 8.33. The molecule has 2 aliphatic rings. The molecule has 0 aromatic carbocycles. The van der Waals surface area contributed by atoms with E-state index >= 15 is 0 Å². The summed E-state index contributed by atoms with van der Waals surface area (Å²) in [5.74, 6) is 0.376. The number of hydrogen-bond donors (Lipinski definition) is 1. The second-order valence-electron chi connectivity index (χ2n) is 5.58. The van der Waals surface area contributed by atoms with Crippen LogP contribution in [-0.2, 0) is 0 Å². The quantitative estimate of drug-likeness (QED) is 0.866. The average molecular weight is 245 g/mol. The normalized spacial score (nSPS) is 21.7. The Hall–Kier alpha value is -1.58. The van der Waals surface area contributed by atoms with E-state index in [0.717, 1.165) is 18.9 Å². The van der Waals surface area contributed by atoms with Crippen LogP contribution in [0.15, 0.2) is 18.3 Å². The molecule has 1 aliphatic carbocycles. The Balaban J connectivity index is 1.78. The number of aromatic nitrogens is 1. The van der Waals surface area contributed by atoms with Crippen LogP contribution in [0.2, 0.25) is 0 Å². The lowest BCUT2D eigenvalue weighted by Gasteiger charge is -2.48. The third-order valence-corrected chi connectivity index (χ3v) is 4.59. The van der Waals surface area contributed by atoms with Crippen LogP contribution in [-0.4, -0.2) is 24.0 Å². The summed E-state index contributed by atoms with van der Waals surface area (Å²) in [5.41, 5.74) is 6.56. The van der Waals surface area contributed by atoms with Gasteiger partial charge in [-0.1, -0.05) is 6.42 Å². The van der Waals surface area contributed by atoms with Crippen LogP contribution >= 0.6 is 0 Å². The van der Waals surface area contributed by atoms with E-state index in [2.05, 4.69) is 9.88 Å². The summed E-state index contributed by atoms with van der Waals surface area (Å²) in [5, 5.41) is 0. The van der Waals surface area contributed by atoms with Crippen LogP contribution in [0.25, 0.3) is 0 Å². The molecule has 1 aliphatic heterocycles. The van der Waals surface area contributed by atoms with Gasteiger partial charge in [0.05, 0.1) is 5.56 Å². The Labute approximate surface area is 107 Å². The first-order valence-corrected chi connectivity index (χ1v) is 6.70. The van der Waals surface area contributed by atoms with Crippen LogP contribution in [0.5, 0.6) is 0 Å². The van der Waals surface area contributed by atoms with E-state index in [1.165, 1.54) is 32.1 Å². The van der Waals surface area contributed by atoms with E-state index < -0.39 is 0 Å². The number of pyridine rings is 1. The molecule has 1 spiro atoms. The zero-order valence-electron chi connectivity index (χ0n) is 10.6. The van der Waals surface area contributed by atoms with E-state index in [0.29, 0.717) is 11.0 Å². The fourth-order valence-electron chi connectivity index (χ4n) is 3.21. The minimum Gasteiger partial charge on any atom is -0.365 e. The van der Waals surface area contributed by atoms with Gasteiger partial charge in [0.2, 0.25) is 0 Å². The molecule has 2 heterocycles. The van der Waals surface area contributed by atoms with Gasteiger partial charge in [-0.25, -0.2) is 4.98 Å². The van der Waals surface area contributed by atoms with Crippen LogP contribution in [0.4, 0.5) is 5.82 Å². The van der Waals surface area contributed by atoms with Gasteiger partial charge in [0, 0.05) is 19.3 Å². The average Bonchev–Trinajstić information content (AvgIpc) is 2.37. The largest absolute Gasteiger partial charge is 0.365 e. The lowest BCUT2D eigenvalue weighted by atomic mass is 9.63. The third-order valence-electron chi connectivity index (χ3n) is 4.59. The van der Waals surface area contributed by atoms with Crippen molar-refractivity contribution in [3.05, 3.63) is 23.9 Å². The number of primary amides is 1. The lowest BCUT2D eigenvalue weighted by Crippen LogP contribution is -2.44. The predicted molar refractivity (Wildman–Crippen MR) is 70.5 cm³/mol. The molecule has 1 aromatic heterocycles. The predicted octanol–water partition coefficient (Wildman–Crippen LogP) is 1.95. The molecule has 1 aromatic rings. The molecule has 0 unspecified atom stereocenters. The third kappa shape index (κ3) is 1.85. The highest BCUT2D eigenvalue weighted by molar-refractivity contribution is 5.97. The molecule has 1 saturated heterocycles. The highest BCUT2D eigenvalue weighted by atomic mass is 16.1. The van der Waals surface area contributed by atoms with Crippen molar-refractivity contribution in [3.8, 4) is 0 Å². The number of nitrogens with two attached hydrogens (primary N) is 1. The summed E-state index contributed by atoms with van der Waals surface area (Å²) in [6.45, 7) is 1.99. The number of anilines is 1. The van der Waals surface area contributed by atoms with Crippen molar-refractivity contribution < 1.29 is 4.79 Å². The van der Waals surface area contributed by atoms with Gasteiger partial charge in [-0.3, -0.25) is 4.79 Å². The lowest BCUT2D eigenvalue weighted by molar-refractivity contribution is 0.0948. The van der Waals surface area contributed by atoms with Gasteiger partial charge in [-0.2, -0.15) is 0 Å². The fourth-order valence-corrected chi connectivity index (χ4v) is 3.21. The molecule has 0 radical (unpaired) electrons. The Morgan fingerprint density at radius 3 is 2.56 bits per heavy atom. The standard InChI is InChI=1S/C14H19N3O/c15-12(18)11-3-1-8-16-13(11)17-9-6-14(7-10-17)4-2-5-14/h1,3,8H,2,4-7,9-10H2,(H2,15,18). The second kappa shape index (κ2) is 4.26. The van der Waals surface area contributed by atoms with Crippen molar-refractivity contribution in [2.75, 3.05) is 18.0 Å². The zero-order chi connectivity index (χ0) is 12.6. The van der Waals surface area contributed by atoms with Crippen molar-refractivity contribution in [1.29, 1.82) is 0 Å². The van der Waals surface area contributed by atoms with Gasteiger partial charge in [0.15, 0.2) is 0 Å². The monoisotopic (exact) mass is 245 g/mol. The molecule has 4 heteroatoms. The second-order valence-corrected chi connectivity index (χ2v) is 5.58. The Morgan fingerprint density at radius 2 is 2.00 bits per heavy atom. The summed E-state index contributed by atoms with van der Waals surface area (Å²) in [7, 11) is 0. The first kappa shape index (κ1) is 11.5. The molecule has 4 nitrogen and oxygen atoms in total. The van der Waals surface area contributed by atoms with Gasteiger partial charge in [-0.05, 0) is 43.2 Å². The van der Waals surface area contributed by atoms with E-state index in [1.807, 2.05) is 0 Å². The van der Waals surface area contributed by atoms with E-state index in [9.17, 15) is 4.79 Å². The van der Waals surface area contributed by atoms with Gasteiger partial charge in [0.1, 0.15) is 5.82 Å². The topological polar surface area (TPSA) is 59.2 Å². The van der Waals surface area contributed by atoms with E-state index in [4.69, 9.17) is 5.73 Å². The number of carbonyl (C=O) groups excluding carboxylic acids is 1. The molecule has 0 atom stereocenters. The van der Waals surface area contributed by atoms with Crippen LogP contribution in [0.1, 0.15) is 42.5 Å². The SMILES string of the molecule is NC(=O)c1cccnc1N1CCC2(CCC2)CC1. The van der Waals surface area contributed by atoms with Crippen molar-refractivity contribution >= 4 is 11.7 Å². The molecule has 3 rings (SSSR count). The maximum Gasteiger partial charge on any atom is 0.252 e. The number of piperidine rings is 1. The number of amides is 1. The number of hydrogen-bond acceptors (Lipinski definition) is 3. The highest BCUT2D eigenvalue weighted by Gasteiger charge is 2.40. The van der Waals surface area contributed by atoms with Crippen molar-refractivity contribution in [2.24, 2.45) is 11.1 Å². The molecular formula is C14H19N3O. The van der Waals surface area contributed by atoms with E-state index in [-0.39, 0.29) is 5.91 Å². The van der Waals surface area contributed by atoms with Crippen molar-refractivity contribution in [1.82, 2.24) is 4.98 Å². The maximum absolute atomic E-state index is 11.4. The maximum atomic E-state index is 11.4. The molecule has 96 valence electrons. The molecule has 2 N–H and O–H groups in total. The summed E-state index contributed by atoms with van der Waals surface area (Å²) in [4.78, 5) is 18.0. The Bertz CT molecular complexity index is 458. The first-order valence-electron chi connectivity index (χ1n) is 6.70. The minimum absolute atomic E-state index is 0.387. The Kier molecular flexibility index (Phi) is 2.73. The molecule has 1 saturated carbocycles. The zero-order valence-corrected chi connectivity index (χ0v) is 10.6. The molecule has 1 amide bonds. The van der Waals surface area contributed by atoms with Crippen LogP contribution in [0, 0.1) is 5.41 Å². The minimum atomic E-state index is -0.387. The van der Waals surface area contributed by atoms with Crippen LogP contribution < -0.4 is 10.6 Å². The van der Waals surface area contributed by atoms with Gasteiger partial charge in [-0.15, -0.1) is 0 Å². The smallest absolute Gasteiger partial charge is 0.252 e. The fraction of sp³-hybridized carbons (Fsp3) is 0.571. The number of nitrogens with zero attached hydrogens (tertiary/aromatic N) is 2. The Morgan fingerprint density at radius 1 is 1.28 bits per heavy atom. The number of rotatable bonds is 2. The summed E-state index contributed by atoms with van der Waals surface area (Å²) < 4.78 is 0. The molecule has 2 fully saturated rings. The molecule has 18 heavy (non-hydrogen) atoms. The first-order chi connectivity index (χ1) is 8.70. The van der Waals surface area contributed by atoms with Crippen molar-refractivity contribution in [2.45, 2.75) is 32.1 Å². The van der Waals surface area contributed by atoms with Crippen molar-refractivity contribution in [3.63, 3.8) is 0 Å². The molecule has 0 bridgehead atoms. The molecular weight excluding hydrogens is 226 g/mol. The summed E-state index contributed by atoms with van der Waals surface area (Å²) in [6, 6.07) is 3.53.